The summed E-state index contributed by atoms with van der Waals surface area (Å²) in [6.45, 7) is 0. The number of nitrogen functional groups attached to an aromatic ring is 1. The summed E-state index contributed by atoms with van der Waals surface area (Å²) in [4.78, 5) is 0. The van der Waals surface area contributed by atoms with Crippen LogP contribution in [0, 0.1) is 0 Å². The number of aromatic nitrogens is 2. The molecule has 0 aliphatic rings. The van der Waals surface area contributed by atoms with Crippen LogP contribution in [0.4, 0.5) is 5.82 Å². The molecule has 0 atom stereocenters. The van der Waals surface area contributed by atoms with Crippen LogP contribution in [0.25, 0.3) is 22.6 Å². The van der Waals surface area contributed by atoms with Gasteiger partial charge in [0.05, 0.1) is 21.9 Å². The zero-order valence-corrected chi connectivity index (χ0v) is 12.1. The van der Waals surface area contributed by atoms with Crippen LogP contribution in [0.5, 0.6) is 0 Å². The van der Waals surface area contributed by atoms with Crippen LogP contribution in [0.2, 0.25) is 10.0 Å². The van der Waals surface area contributed by atoms with Gasteiger partial charge < -0.3 is 10.2 Å². The molecule has 0 radical (unpaired) electrons. The van der Waals surface area contributed by atoms with E-state index in [0.717, 1.165) is 0 Å². The molecule has 20 heavy (non-hydrogen) atoms. The number of anilines is 1. The van der Waals surface area contributed by atoms with Crippen molar-refractivity contribution in [1.82, 2.24) is 9.78 Å². The number of nitrogens with zero attached hydrogens (tertiary/aromatic N) is 2. The molecule has 0 amide bonds. The van der Waals surface area contributed by atoms with E-state index in [1.54, 1.807) is 42.3 Å². The van der Waals surface area contributed by atoms with Gasteiger partial charge in [-0.1, -0.05) is 29.3 Å². The van der Waals surface area contributed by atoms with Gasteiger partial charge in [0.1, 0.15) is 11.5 Å². The van der Waals surface area contributed by atoms with Crippen LogP contribution in [-0.2, 0) is 7.05 Å². The molecule has 0 aliphatic carbocycles. The van der Waals surface area contributed by atoms with Crippen molar-refractivity contribution in [1.29, 1.82) is 0 Å². The van der Waals surface area contributed by atoms with Crippen molar-refractivity contribution in [3.63, 3.8) is 0 Å². The zero-order chi connectivity index (χ0) is 14.3. The number of rotatable bonds is 2. The van der Waals surface area contributed by atoms with E-state index in [1.807, 2.05) is 6.07 Å². The highest BCUT2D eigenvalue weighted by Gasteiger charge is 2.22. The first kappa shape index (κ1) is 13.1. The maximum atomic E-state index is 6.27. The second-order valence-electron chi connectivity index (χ2n) is 4.31. The molecule has 2 aromatic heterocycles. The molecule has 0 aliphatic heterocycles. The Morgan fingerprint density at radius 2 is 1.80 bits per heavy atom. The predicted molar refractivity (Wildman–Crippen MR) is 80.8 cm³/mol. The molecule has 4 nitrogen and oxygen atoms in total. The van der Waals surface area contributed by atoms with Crippen molar-refractivity contribution < 1.29 is 4.42 Å². The van der Waals surface area contributed by atoms with Gasteiger partial charge in [-0.3, -0.25) is 4.68 Å². The van der Waals surface area contributed by atoms with Crippen molar-refractivity contribution in [2.24, 2.45) is 7.05 Å². The normalized spacial score (nSPS) is 10.9. The molecule has 6 heteroatoms. The summed E-state index contributed by atoms with van der Waals surface area (Å²) in [6.07, 6.45) is 1.58. The minimum Gasteiger partial charge on any atom is -0.463 e. The number of benzene rings is 1. The molecule has 0 saturated carbocycles. The Hall–Kier alpha value is -1.91. The fourth-order valence-corrected chi connectivity index (χ4v) is 2.69. The zero-order valence-electron chi connectivity index (χ0n) is 10.6. The molecule has 3 aromatic rings. The van der Waals surface area contributed by atoms with E-state index in [0.29, 0.717) is 38.4 Å². The molecule has 0 fully saturated rings. The van der Waals surface area contributed by atoms with Crippen molar-refractivity contribution in [3.8, 4) is 22.6 Å². The van der Waals surface area contributed by atoms with E-state index in [9.17, 15) is 0 Å². The van der Waals surface area contributed by atoms with Crippen LogP contribution in [0.15, 0.2) is 41.0 Å². The highest BCUT2D eigenvalue weighted by Crippen LogP contribution is 2.42. The second-order valence-corrected chi connectivity index (χ2v) is 5.12. The third kappa shape index (κ3) is 1.97. The smallest absolute Gasteiger partial charge is 0.154 e. The highest BCUT2D eigenvalue weighted by atomic mass is 35.5. The minimum atomic E-state index is 0.478. The third-order valence-electron chi connectivity index (χ3n) is 3.06. The Morgan fingerprint density at radius 3 is 2.40 bits per heavy atom. The van der Waals surface area contributed by atoms with E-state index < -0.39 is 0 Å². The fourth-order valence-electron chi connectivity index (χ4n) is 2.11. The molecular formula is C14H11Cl2N3O. The molecule has 0 saturated heterocycles. The minimum absolute atomic E-state index is 0.478. The molecule has 102 valence electrons. The summed E-state index contributed by atoms with van der Waals surface area (Å²) in [7, 11) is 1.76. The van der Waals surface area contributed by atoms with Crippen molar-refractivity contribution >= 4 is 29.0 Å². The summed E-state index contributed by atoms with van der Waals surface area (Å²) in [5.74, 6) is 1.09. The summed E-state index contributed by atoms with van der Waals surface area (Å²) in [6, 6.07) is 8.92. The summed E-state index contributed by atoms with van der Waals surface area (Å²) in [5.41, 5.74) is 8.08. The highest BCUT2D eigenvalue weighted by molar-refractivity contribution is 6.39. The van der Waals surface area contributed by atoms with Gasteiger partial charge >= 0.3 is 0 Å². The average molecular weight is 308 g/mol. The molecule has 3 rings (SSSR count). The number of furan rings is 1. The van der Waals surface area contributed by atoms with Crippen molar-refractivity contribution in [2.75, 3.05) is 5.73 Å². The lowest BCUT2D eigenvalue weighted by molar-refractivity contribution is 0.578. The van der Waals surface area contributed by atoms with E-state index in [2.05, 4.69) is 5.10 Å². The van der Waals surface area contributed by atoms with Crippen LogP contribution >= 0.6 is 23.2 Å². The second kappa shape index (κ2) is 4.89. The van der Waals surface area contributed by atoms with E-state index >= 15 is 0 Å². The van der Waals surface area contributed by atoms with Crippen LogP contribution < -0.4 is 5.73 Å². The fraction of sp³-hybridized carbons (Fsp3) is 0.0714. The topological polar surface area (TPSA) is 57.0 Å². The SMILES string of the molecule is Cn1nc(-c2ccco2)c(-c2c(Cl)cccc2Cl)c1N. The molecule has 1 aromatic carbocycles. The van der Waals surface area contributed by atoms with E-state index in [1.165, 1.54) is 0 Å². The lowest BCUT2D eigenvalue weighted by atomic mass is 10.0. The van der Waals surface area contributed by atoms with Crippen molar-refractivity contribution in [2.45, 2.75) is 0 Å². The molecule has 2 N–H and O–H groups in total. The van der Waals surface area contributed by atoms with Crippen LogP contribution in [-0.4, -0.2) is 9.78 Å². The number of halogens is 2. The lowest BCUT2D eigenvalue weighted by Gasteiger charge is -2.07. The third-order valence-corrected chi connectivity index (χ3v) is 3.69. The average Bonchev–Trinajstić information content (AvgIpc) is 3.01. The summed E-state index contributed by atoms with van der Waals surface area (Å²) >= 11 is 12.5. The van der Waals surface area contributed by atoms with Gasteiger partial charge in [-0.15, -0.1) is 0 Å². The number of nitrogens with two attached hydrogens (primary N) is 1. The largest absolute Gasteiger partial charge is 0.463 e. The molecule has 0 bridgehead atoms. The standard InChI is InChI=1S/C14H11Cl2N3O/c1-19-14(17)12(11-8(15)4-2-5-9(11)16)13(18-19)10-6-3-7-20-10/h2-7H,17H2,1H3. The first-order valence-corrected chi connectivity index (χ1v) is 6.66. The van der Waals surface area contributed by atoms with Gasteiger partial charge in [-0.05, 0) is 24.3 Å². The molecular weight excluding hydrogens is 297 g/mol. The van der Waals surface area contributed by atoms with Gasteiger partial charge in [-0.2, -0.15) is 5.10 Å². The lowest BCUT2D eigenvalue weighted by Crippen LogP contribution is -1.98. The van der Waals surface area contributed by atoms with Crippen LogP contribution in [0.3, 0.4) is 0 Å². The van der Waals surface area contributed by atoms with Gasteiger partial charge in [0.15, 0.2) is 5.76 Å². The van der Waals surface area contributed by atoms with Gasteiger partial charge in [0, 0.05) is 12.6 Å². The van der Waals surface area contributed by atoms with E-state index in [-0.39, 0.29) is 0 Å². The molecule has 0 spiro atoms. The Labute approximate surface area is 125 Å². The maximum absolute atomic E-state index is 6.27. The molecule has 0 unspecified atom stereocenters. The van der Waals surface area contributed by atoms with Gasteiger partial charge in [-0.25, -0.2) is 0 Å². The Balaban J connectivity index is 2.34. The van der Waals surface area contributed by atoms with Crippen LogP contribution in [0.1, 0.15) is 0 Å². The molecule has 2 heterocycles. The first-order chi connectivity index (χ1) is 9.59. The predicted octanol–water partition coefficient (Wildman–Crippen LogP) is 4.24. The maximum Gasteiger partial charge on any atom is 0.154 e. The van der Waals surface area contributed by atoms with E-state index in [4.69, 9.17) is 33.4 Å². The summed E-state index contributed by atoms with van der Waals surface area (Å²) in [5, 5.41) is 5.43. The number of hydrogen-bond acceptors (Lipinski definition) is 3. The van der Waals surface area contributed by atoms with Gasteiger partial charge in [0.25, 0.3) is 0 Å². The Bertz CT molecular complexity index is 743. The van der Waals surface area contributed by atoms with Gasteiger partial charge in [0.2, 0.25) is 0 Å². The monoisotopic (exact) mass is 307 g/mol. The Morgan fingerprint density at radius 1 is 1.10 bits per heavy atom. The quantitative estimate of drug-likeness (QED) is 0.770. The number of aryl methyl sites for hydroxylation is 1. The van der Waals surface area contributed by atoms with Crippen molar-refractivity contribution in [3.05, 3.63) is 46.6 Å². The Kier molecular flexibility index (Phi) is 3.20. The summed E-state index contributed by atoms with van der Waals surface area (Å²) < 4.78 is 6.99. The number of hydrogen-bond donors (Lipinski definition) is 1. The first-order valence-electron chi connectivity index (χ1n) is 5.90.